The monoisotopic (exact) mass is 587 g/mol. The van der Waals surface area contributed by atoms with Gasteiger partial charge < -0.3 is 14.5 Å². The number of alkyl halides is 3. The van der Waals surface area contributed by atoms with Crippen molar-refractivity contribution < 1.29 is 31.3 Å². The fraction of sp³-hybridized carbons (Fsp3) is 0.400. The standard InChI is InChI=1S/C25H26ClF4N5O3S/c1-4-20(24(36)34(2)13-25(28,29)30)38-21-10-15(27)6-7-19(21)35(3)23-22-17(26)11-16(12-18(22)31-14-32-23)33-39(37)8-5-9-39/h6-7,10-12,14,20H,4-5,8-9,13H2,1-3H3/t20-/m1/s1. The van der Waals surface area contributed by atoms with E-state index in [1.54, 1.807) is 31.0 Å². The molecule has 14 heteroatoms. The van der Waals surface area contributed by atoms with Crippen LogP contribution < -0.4 is 9.64 Å². The highest BCUT2D eigenvalue weighted by atomic mass is 35.5. The summed E-state index contributed by atoms with van der Waals surface area (Å²) in [5.74, 6) is -0.273. The molecule has 0 saturated carbocycles. The average Bonchev–Trinajstić information content (AvgIpc) is 2.84. The molecule has 4 rings (SSSR count). The van der Waals surface area contributed by atoms with E-state index in [0.717, 1.165) is 19.5 Å². The van der Waals surface area contributed by atoms with Crippen LogP contribution in [-0.2, 0) is 14.5 Å². The molecule has 3 aromatic rings. The molecule has 1 saturated heterocycles. The number of hydrogen-bond donors (Lipinski definition) is 0. The minimum Gasteiger partial charge on any atom is -0.478 e. The largest absolute Gasteiger partial charge is 0.478 e. The number of aromatic nitrogens is 2. The first kappa shape index (κ1) is 28.8. The second kappa shape index (κ2) is 11.1. The number of benzene rings is 2. The van der Waals surface area contributed by atoms with Crippen LogP contribution in [0.2, 0.25) is 5.02 Å². The number of carbonyl (C=O) groups is 1. The molecule has 0 N–H and O–H groups in total. The molecule has 0 unspecified atom stereocenters. The van der Waals surface area contributed by atoms with Crippen molar-refractivity contribution in [3.63, 3.8) is 0 Å². The minimum atomic E-state index is -4.58. The third kappa shape index (κ3) is 6.52. The highest BCUT2D eigenvalue weighted by Gasteiger charge is 2.34. The fourth-order valence-corrected chi connectivity index (χ4v) is 5.87. The predicted octanol–water partition coefficient (Wildman–Crippen LogP) is 5.87. The van der Waals surface area contributed by atoms with Gasteiger partial charge in [0.25, 0.3) is 5.91 Å². The van der Waals surface area contributed by atoms with Crippen LogP contribution in [0, 0.1) is 5.82 Å². The Balaban J connectivity index is 1.70. The highest BCUT2D eigenvalue weighted by Crippen LogP contribution is 2.40. The number of likely N-dealkylation sites (N-methyl/N-ethyl adjacent to an activating group) is 1. The van der Waals surface area contributed by atoms with E-state index >= 15 is 0 Å². The first-order valence-corrected chi connectivity index (χ1v) is 14.2. The highest BCUT2D eigenvalue weighted by molar-refractivity contribution is 7.95. The zero-order valence-electron chi connectivity index (χ0n) is 21.3. The lowest BCUT2D eigenvalue weighted by Crippen LogP contribution is -2.43. The molecule has 8 nitrogen and oxygen atoms in total. The van der Waals surface area contributed by atoms with Crippen molar-refractivity contribution in [2.24, 2.45) is 4.36 Å². The van der Waals surface area contributed by atoms with Crippen LogP contribution in [0.3, 0.4) is 0 Å². The van der Waals surface area contributed by atoms with Gasteiger partial charge >= 0.3 is 6.18 Å². The second-order valence-electron chi connectivity index (χ2n) is 9.14. The molecule has 0 aliphatic carbocycles. The molecule has 0 spiro atoms. The summed E-state index contributed by atoms with van der Waals surface area (Å²) in [5.41, 5.74) is 1.14. The van der Waals surface area contributed by atoms with Crippen LogP contribution in [0.4, 0.5) is 34.8 Å². The number of anilines is 2. The van der Waals surface area contributed by atoms with Gasteiger partial charge in [-0.3, -0.25) is 4.79 Å². The van der Waals surface area contributed by atoms with Crippen LogP contribution in [0.15, 0.2) is 41.0 Å². The number of halogens is 5. The minimum absolute atomic E-state index is 0.0401. The molecule has 39 heavy (non-hydrogen) atoms. The normalized spacial score (nSPS) is 15.4. The van der Waals surface area contributed by atoms with Gasteiger partial charge in [0.1, 0.15) is 30.3 Å². The Bertz CT molecular complexity index is 1520. The molecule has 2 aromatic carbocycles. The first-order valence-electron chi connectivity index (χ1n) is 12.0. The maximum absolute atomic E-state index is 14.3. The lowest BCUT2D eigenvalue weighted by atomic mass is 10.2. The molecule has 1 fully saturated rings. The average molecular weight is 588 g/mol. The van der Waals surface area contributed by atoms with E-state index in [1.807, 2.05) is 0 Å². The van der Waals surface area contributed by atoms with Crippen molar-refractivity contribution in [2.75, 3.05) is 37.0 Å². The molecule has 0 bridgehead atoms. The zero-order chi connectivity index (χ0) is 28.5. The van der Waals surface area contributed by atoms with Crippen LogP contribution in [0.1, 0.15) is 19.8 Å². The topological polar surface area (TPSA) is 88.0 Å². The lowest BCUT2D eigenvalue weighted by Gasteiger charge is -2.27. The smallest absolute Gasteiger partial charge is 0.406 e. The number of rotatable bonds is 8. The summed E-state index contributed by atoms with van der Waals surface area (Å²) in [4.78, 5) is 23.4. The van der Waals surface area contributed by atoms with E-state index in [0.29, 0.717) is 38.8 Å². The van der Waals surface area contributed by atoms with Gasteiger partial charge in [-0.1, -0.05) is 18.5 Å². The van der Waals surface area contributed by atoms with Crippen LogP contribution in [0.25, 0.3) is 10.9 Å². The van der Waals surface area contributed by atoms with E-state index < -0.39 is 40.3 Å². The molecule has 1 aromatic heterocycles. The van der Waals surface area contributed by atoms with Crippen molar-refractivity contribution >= 4 is 55.3 Å². The summed E-state index contributed by atoms with van der Waals surface area (Å²) in [6.45, 7) is 0.126. The summed E-state index contributed by atoms with van der Waals surface area (Å²) in [6.07, 6.45) is -3.69. The number of fused-ring (bicyclic) bond motifs is 1. The van der Waals surface area contributed by atoms with Gasteiger partial charge in [-0.05, 0) is 37.1 Å². The fourth-order valence-electron chi connectivity index (χ4n) is 4.12. The quantitative estimate of drug-likeness (QED) is 0.306. The van der Waals surface area contributed by atoms with Gasteiger partial charge in [0.15, 0.2) is 6.10 Å². The van der Waals surface area contributed by atoms with Crippen LogP contribution in [0.5, 0.6) is 5.75 Å². The maximum Gasteiger partial charge on any atom is 0.406 e. The van der Waals surface area contributed by atoms with Crippen LogP contribution in [-0.4, -0.2) is 69.4 Å². The van der Waals surface area contributed by atoms with E-state index in [1.165, 1.54) is 18.5 Å². The van der Waals surface area contributed by atoms with Crippen molar-refractivity contribution in [1.82, 2.24) is 14.9 Å². The number of hydrogen-bond acceptors (Lipinski definition) is 7. The Morgan fingerprint density at radius 3 is 2.54 bits per heavy atom. The molecule has 0 radical (unpaired) electrons. The Hall–Kier alpha value is -3.19. The molecule has 1 atom stereocenters. The molecule has 1 amide bonds. The summed E-state index contributed by atoms with van der Waals surface area (Å²) >= 11 is 6.60. The predicted molar refractivity (Wildman–Crippen MR) is 142 cm³/mol. The van der Waals surface area contributed by atoms with Gasteiger partial charge in [0.05, 0.1) is 37.0 Å². The molecule has 210 valence electrons. The molecular weight excluding hydrogens is 562 g/mol. The zero-order valence-corrected chi connectivity index (χ0v) is 22.9. The van der Waals surface area contributed by atoms with Crippen molar-refractivity contribution in [1.29, 1.82) is 0 Å². The molecule has 1 aliphatic rings. The first-order chi connectivity index (χ1) is 18.3. The molecule has 2 heterocycles. The third-order valence-electron chi connectivity index (χ3n) is 6.16. The third-order valence-corrected chi connectivity index (χ3v) is 8.86. The Morgan fingerprint density at radius 1 is 1.21 bits per heavy atom. The number of ether oxygens (including phenoxy) is 1. The summed E-state index contributed by atoms with van der Waals surface area (Å²) in [5, 5.41) is 0.684. The summed E-state index contributed by atoms with van der Waals surface area (Å²) < 4.78 is 75.5. The van der Waals surface area contributed by atoms with Gasteiger partial charge in [-0.15, -0.1) is 0 Å². The maximum atomic E-state index is 14.3. The van der Waals surface area contributed by atoms with Gasteiger partial charge in [-0.2, -0.15) is 17.5 Å². The summed E-state index contributed by atoms with van der Waals surface area (Å²) in [6, 6.07) is 6.83. The molecular formula is C25H26ClF4N5O3S. The van der Waals surface area contributed by atoms with Gasteiger partial charge in [-0.25, -0.2) is 18.6 Å². The van der Waals surface area contributed by atoms with E-state index in [-0.39, 0.29) is 22.9 Å². The van der Waals surface area contributed by atoms with E-state index in [2.05, 4.69) is 14.3 Å². The second-order valence-corrected chi connectivity index (χ2v) is 12.1. The Morgan fingerprint density at radius 2 is 1.92 bits per heavy atom. The number of amides is 1. The number of carbonyl (C=O) groups excluding carboxylic acids is 1. The van der Waals surface area contributed by atoms with Gasteiger partial charge in [0, 0.05) is 31.7 Å². The van der Waals surface area contributed by atoms with E-state index in [4.69, 9.17) is 16.3 Å². The van der Waals surface area contributed by atoms with Gasteiger partial charge in [0.2, 0.25) is 0 Å². The van der Waals surface area contributed by atoms with Crippen molar-refractivity contribution in [3.05, 3.63) is 47.5 Å². The Kier molecular flexibility index (Phi) is 8.22. The van der Waals surface area contributed by atoms with Crippen LogP contribution >= 0.6 is 11.6 Å². The van der Waals surface area contributed by atoms with E-state index in [9.17, 15) is 26.6 Å². The SMILES string of the molecule is CC[C@@H](Oc1cc(F)ccc1N(C)c1ncnc2cc(N=S3(=O)CCC3)cc(Cl)c12)C(=O)N(C)CC(F)(F)F. The van der Waals surface area contributed by atoms with Crippen molar-refractivity contribution in [2.45, 2.75) is 32.0 Å². The Labute approximate surface area is 228 Å². The summed E-state index contributed by atoms with van der Waals surface area (Å²) in [7, 11) is 0.359. The molecule has 1 aliphatic heterocycles. The lowest BCUT2D eigenvalue weighted by molar-refractivity contribution is -0.162. The van der Waals surface area contributed by atoms with Crippen molar-refractivity contribution in [3.8, 4) is 5.75 Å². The number of nitrogens with zero attached hydrogens (tertiary/aromatic N) is 5.